The van der Waals surface area contributed by atoms with Gasteiger partial charge in [0.25, 0.3) is 6.43 Å². The van der Waals surface area contributed by atoms with Crippen molar-refractivity contribution in [3.8, 4) is 0 Å². The summed E-state index contributed by atoms with van der Waals surface area (Å²) in [5, 5.41) is 2.75. The predicted octanol–water partition coefficient (Wildman–Crippen LogP) is 4.18. The lowest BCUT2D eigenvalue weighted by atomic mass is 10.1. The highest BCUT2D eigenvalue weighted by atomic mass is 79.9. The summed E-state index contributed by atoms with van der Waals surface area (Å²) in [5.74, 6) is 0. The summed E-state index contributed by atoms with van der Waals surface area (Å²) in [6.45, 7) is 0. The minimum absolute atomic E-state index is 0.0909. The van der Waals surface area contributed by atoms with Gasteiger partial charge in [0, 0.05) is 31.2 Å². The first kappa shape index (κ1) is 9.86. The summed E-state index contributed by atoms with van der Waals surface area (Å²) in [6, 6.07) is 3.03. The van der Waals surface area contributed by atoms with Crippen molar-refractivity contribution in [2.75, 3.05) is 5.73 Å². The number of halogens is 3. The van der Waals surface area contributed by atoms with Crippen molar-refractivity contribution >= 4 is 43.0 Å². The summed E-state index contributed by atoms with van der Waals surface area (Å²) in [5.41, 5.74) is 5.57. The molecule has 0 unspecified atom stereocenters. The van der Waals surface area contributed by atoms with Crippen LogP contribution in [0.5, 0.6) is 0 Å². The Balaban J connectivity index is 2.72. The van der Waals surface area contributed by atoms with Gasteiger partial charge in [-0.25, -0.2) is 8.78 Å². The number of nitrogen functional groups attached to an aromatic ring is 1. The minimum Gasteiger partial charge on any atom is -0.398 e. The Labute approximate surface area is 91.7 Å². The average Bonchev–Trinajstić information content (AvgIpc) is 2.46. The monoisotopic (exact) mass is 277 g/mol. The molecule has 0 saturated carbocycles. The molecule has 0 amide bonds. The molecule has 0 aliphatic heterocycles. The van der Waals surface area contributed by atoms with Gasteiger partial charge in [-0.3, -0.25) is 0 Å². The maximum Gasteiger partial charge on any atom is 0.265 e. The van der Waals surface area contributed by atoms with E-state index >= 15 is 0 Å². The first-order valence-electron chi connectivity index (χ1n) is 3.84. The van der Waals surface area contributed by atoms with Gasteiger partial charge in [0.2, 0.25) is 0 Å². The molecule has 74 valence electrons. The van der Waals surface area contributed by atoms with Gasteiger partial charge in [-0.15, -0.1) is 11.3 Å². The summed E-state index contributed by atoms with van der Waals surface area (Å²) in [4.78, 5) is 0. The Morgan fingerprint density at radius 1 is 1.36 bits per heavy atom. The molecule has 0 atom stereocenters. The van der Waals surface area contributed by atoms with Gasteiger partial charge in [-0.05, 0) is 28.1 Å². The van der Waals surface area contributed by atoms with Crippen LogP contribution in [-0.4, -0.2) is 0 Å². The van der Waals surface area contributed by atoms with Crippen molar-refractivity contribution in [2.45, 2.75) is 6.43 Å². The van der Waals surface area contributed by atoms with Crippen LogP contribution in [-0.2, 0) is 0 Å². The van der Waals surface area contributed by atoms with Gasteiger partial charge >= 0.3 is 0 Å². The Morgan fingerprint density at radius 3 is 2.71 bits per heavy atom. The van der Waals surface area contributed by atoms with E-state index in [9.17, 15) is 8.78 Å². The molecule has 1 nitrogen and oxygen atoms in total. The quantitative estimate of drug-likeness (QED) is 0.778. The van der Waals surface area contributed by atoms with Gasteiger partial charge in [-0.2, -0.15) is 0 Å². The van der Waals surface area contributed by atoms with Crippen LogP contribution in [0, 0.1) is 0 Å². The third kappa shape index (κ3) is 1.50. The normalized spacial score (nSPS) is 11.4. The Bertz CT molecular complexity index is 481. The molecule has 1 aromatic carbocycles. The van der Waals surface area contributed by atoms with E-state index < -0.39 is 6.43 Å². The standard InChI is InChI=1S/C9H6BrF2NS/c10-6-3-14-8-2-5(9(11)12)7(13)1-4(6)8/h1-3,9H,13H2. The highest BCUT2D eigenvalue weighted by molar-refractivity contribution is 9.10. The van der Waals surface area contributed by atoms with E-state index in [4.69, 9.17) is 5.73 Å². The zero-order valence-corrected chi connectivity index (χ0v) is 9.33. The molecular weight excluding hydrogens is 272 g/mol. The molecule has 5 heteroatoms. The maximum atomic E-state index is 12.5. The molecule has 1 aromatic heterocycles. The number of rotatable bonds is 1. The molecule has 0 spiro atoms. The summed E-state index contributed by atoms with van der Waals surface area (Å²) < 4.78 is 26.7. The van der Waals surface area contributed by atoms with Crippen molar-refractivity contribution in [3.05, 3.63) is 27.5 Å². The lowest BCUT2D eigenvalue weighted by Crippen LogP contribution is -1.93. The molecule has 14 heavy (non-hydrogen) atoms. The molecule has 2 aromatic rings. The minimum atomic E-state index is -2.51. The molecule has 0 radical (unpaired) electrons. The van der Waals surface area contributed by atoms with Crippen LogP contribution in [0.2, 0.25) is 0 Å². The summed E-state index contributed by atoms with van der Waals surface area (Å²) in [7, 11) is 0. The largest absolute Gasteiger partial charge is 0.398 e. The zero-order valence-electron chi connectivity index (χ0n) is 6.93. The molecule has 2 rings (SSSR count). The molecular formula is C9H6BrF2NS. The van der Waals surface area contributed by atoms with Gasteiger partial charge in [-0.1, -0.05) is 0 Å². The van der Waals surface area contributed by atoms with E-state index in [2.05, 4.69) is 15.9 Å². The fourth-order valence-electron chi connectivity index (χ4n) is 1.26. The number of alkyl halides is 2. The first-order valence-corrected chi connectivity index (χ1v) is 5.51. The van der Waals surface area contributed by atoms with Crippen LogP contribution in [0.4, 0.5) is 14.5 Å². The van der Waals surface area contributed by atoms with Crippen LogP contribution in [0.3, 0.4) is 0 Å². The van der Waals surface area contributed by atoms with E-state index in [-0.39, 0.29) is 11.3 Å². The second-order valence-corrected chi connectivity index (χ2v) is 4.63. The highest BCUT2D eigenvalue weighted by Crippen LogP contribution is 2.36. The third-order valence-corrected chi connectivity index (χ3v) is 3.87. The number of nitrogens with two attached hydrogens (primary N) is 1. The van der Waals surface area contributed by atoms with Gasteiger partial charge < -0.3 is 5.73 Å². The van der Waals surface area contributed by atoms with Crippen LogP contribution in [0.1, 0.15) is 12.0 Å². The number of anilines is 1. The molecule has 1 heterocycles. The van der Waals surface area contributed by atoms with Crippen molar-refractivity contribution in [1.82, 2.24) is 0 Å². The first-order chi connectivity index (χ1) is 6.59. The Morgan fingerprint density at radius 2 is 2.07 bits per heavy atom. The predicted molar refractivity (Wildman–Crippen MR) is 58.9 cm³/mol. The van der Waals surface area contributed by atoms with Crippen LogP contribution in [0.15, 0.2) is 22.0 Å². The van der Waals surface area contributed by atoms with E-state index in [1.165, 1.54) is 17.4 Å². The molecule has 0 fully saturated rings. The second kappa shape index (κ2) is 3.47. The highest BCUT2D eigenvalue weighted by Gasteiger charge is 2.13. The third-order valence-electron chi connectivity index (χ3n) is 1.97. The number of thiophene rings is 1. The smallest absolute Gasteiger partial charge is 0.265 e. The Hall–Kier alpha value is -0.680. The van der Waals surface area contributed by atoms with Crippen molar-refractivity contribution in [2.24, 2.45) is 0 Å². The SMILES string of the molecule is Nc1cc2c(Br)csc2cc1C(F)F. The van der Waals surface area contributed by atoms with E-state index in [1.807, 2.05) is 5.38 Å². The van der Waals surface area contributed by atoms with Gasteiger partial charge in [0.1, 0.15) is 0 Å². The fourth-order valence-corrected chi connectivity index (χ4v) is 2.85. The number of benzene rings is 1. The lowest BCUT2D eigenvalue weighted by Gasteiger charge is -2.04. The van der Waals surface area contributed by atoms with Crippen LogP contribution < -0.4 is 5.73 Å². The topological polar surface area (TPSA) is 26.0 Å². The average molecular weight is 278 g/mol. The van der Waals surface area contributed by atoms with Crippen LogP contribution in [0.25, 0.3) is 10.1 Å². The Kier molecular flexibility index (Phi) is 2.45. The van der Waals surface area contributed by atoms with Gasteiger partial charge in [0.15, 0.2) is 0 Å². The van der Waals surface area contributed by atoms with Crippen molar-refractivity contribution < 1.29 is 8.78 Å². The van der Waals surface area contributed by atoms with Crippen molar-refractivity contribution in [3.63, 3.8) is 0 Å². The van der Waals surface area contributed by atoms with E-state index in [0.717, 1.165) is 14.6 Å². The van der Waals surface area contributed by atoms with E-state index in [1.54, 1.807) is 6.07 Å². The molecule has 0 saturated heterocycles. The maximum absolute atomic E-state index is 12.5. The number of hydrogen-bond acceptors (Lipinski definition) is 2. The lowest BCUT2D eigenvalue weighted by molar-refractivity contribution is 0.152. The van der Waals surface area contributed by atoms with E-state index in [0.29, 0.717) is 0 Å². The van der Waals surface area contributed by atoms with Gasteiger partial charge in [0.05, 0.1) is 0 Å². The molecule has 2 N–H and O–H groups in total. The number of hydrogen-bond donors (Lipinski definition) is 1. The molecule has 0 aliphatic rings. The fraction of sp³-hybridized carbons (Fsp3) is 0.111. The summed E-state index contributed by atoms with van der Waals surface area (Å²) in [6.07, 6.45) is -2.51. The number of fused-ring (bicyclic) bond motifs is 1. The summed E-state index contributed by atoms with van der Waals surface area (Å²) >= 11 is 4.75. The van der Waals surface area contributed by atoms with Crippen molar-refractivity contribution in [1.29, 1.82) is 0 Å². The van der Waals surface area contributed by atoms with Crippen LogP contribution >= 0.6 is 27.3 Å². The second-order valence-electron chi connectivity index (χ2n) is 2.86. The molecule has 0 aliphatic carbocycles. The zero-order chi connectivity index (χ0) is 10.3. The molecule has 0 bridgehead atoms.